The lowest BCUT2D eigenvalue weighted by Gasteiger charge is -2.34. The van der Waals surface area contributed by atoms with Crippen LogP contribution in [0.5, 0.6) is 0 Å². The molecule has 1 aliphatic rings. The third-order valence-corrected chi connectivity index (χ3v) is 8.74. The lowest BCUT2D eigenvalue weighted by molar-refractivity contribution is 0.648. The average Bonchev–Trinajstić information content (AvgIpc) is 3.53. The number of para-hydroxylation sites is 2. The number of furan rings is 1. The summed E-state index contributed by atoms with van der Waals surface area (Å²) in [6.45, 7) is 0. The Balaban J connectivity index is 1.41. The van der Waals surface area contributed by atoms with Crippen molar-refractivity contribution in [3.63, 3.8) is 0 Å². The van der Waals surface area contributed by atoms with E-state index in [-0.39, 0.29) is 0 Å². The van der Waals surface area contributed by atoms with Gasteiger partial charge in [0.15, 0.2) is 0 Å². The molecule has 0 amide bonds. The molecule has 190 valence electrons. The molecule has 40 heavy (non-hydrogen) atoms. The number of rotatable bonds is 4. The molecule has 0 atom stereocenters. The van der Waals surface area contributed by atoms with E-state index in [2.05, 4.69) is 143 Å². The monoisotopic (exact) mass is 577 g/mol. The van der Waals surface area contributed by atoms with Gasteiger partial charge in [0.05, 0.1) is 5.41 Å². The lowest BCUT2D eigenvalue weighted by Crippen LogP contribution is -2.28. The van der Waals surface area contributed by atoms with E-state index in [9.17, 15) is 0 Å². The summed E-state index contributed by atoms with van der Waals surface area (Å²) in [6, 6.07) is 49.7. The fourth-order valence-corrected chi connectivity index (χ4v) is 6.80. The van der Waals surface area contributed by atoms with Crippen molar-refractivity contribution in [3.8, 4) is 11.1 Å². The Labute approximate surface area is 241 Å². The number of hydrogen-bond donors (Lipinski definition) is 1. The van der Waals surface area contributed by atoms with Crippen molar-refractivity contribution in [1.82, 2.24) is 0 Å². The predicted octanol–water partition coefficient (Wildman–Crippen LogP) is 10.5. The van der Waals surface area contributed by atoms with Crippen LogP contribution >= 0.6 is 15.9 Å². The zero-order chi connectivity index (χ0) is 26.7. The smallest absolute Gasteiger partial charge is 0.140 e. The van der Waals surface area contributed by atoms with Crippen molar-refractivity contribution < 1.29 is 4.42 Å². The second-order valence-electron chi connectivity index (χ2n) is 10.3. The fourth-order valence-electron chi connectivity index (χ4n) is 6.54. The predicted molar refractivity (Wildman–Crippen MR) is 168 cm³/mol. The van der Waals surface area contributed by atoms with Gasteiger partial charge in [-0.1, -0.05) is 113 Å². The molecule has 1 aromatic heterocycles. The highest BCUT2D eigenvalue weighted by Crippen LogP contribution is 2.57. The third-order valence-electron chi connectivity index (χ3n) is 8.21. The van der Waals surface area contributed by atoms with Crippen LogP contribution in [0.15, 0.2) is 148 Å². The lowest BCUT2D eigenvalue weighted by atomic mass is 9.67. The number of nitrogens with one attached hydrogen (secondary N) is 1. The molecular weight excluding hydrogens is 554 g/mol. The first-order chi connectivity index (χ1) is 19.7. The Morgan fingerprint density at radius 2 is 1.05 bits per heavy atom. The van der Waals surface area contributed by atoms with E-state index in [4.69, 9.17) is 4.42 Å². The molecule has 0 fully saturated rings. The van der Waals surface area contributed by atoms with Crippen LogP contribution in [0.2, 0.25) is 0 Å². The van der Waals surface area contributed by atoms with E-state index in [1.165, 1.54) is 27.8 Å². The summed E-state index contributed by atoms with van der Waals surface area (Å²) in [7, 11) is 0. The van der Waals surface area contributed by atoms with Crippen LogP contribution in [0.25, 0.3) is 33.1 Å². The molecule has 8 rings (SSSR count). The topological polar surface area (TPSA) is 25.2 Å². The molecule has 1 heterocycles. The maximum atomic E-state index is 6.67. The van der Waals surface area contributed by atoms with Crippen molar-refractivity contribution in [2.75, 3.05) is 5.32 Å². The Kier molecular flexibility index (Phi) is 5.23. The Bertz CT molecular complexity index is 1990. The van der Waals surface area contributed by atoms with E-state index in [1.54, 1.807) is 0 Å². The first-order valence-electron chi connectivity index (χ1n) is 13.5. The van der Waals surface area contributed by atoms with Gasteiger partial charge in [0.1, 0.15) is 11.2 Å². The molecule has 0 radical (unpaired) electrons. The molecule has 1 N–H and O–H groups in total. The highest BCUT2D eigenvalue weighted by Gasteiger charge is 2.47. The first kappa shape index (κ1) is 23.3. The number of fused-ring (bicyclic) bond motifs is 6. The van der Waals surface area contributed by atoms with Gasteiger partial charge in [-0.3, -0.25) is 0 Å². The van der Waals surface area contributed by atoms with Gasteiger partial charge in [-0.25, -0.2) is 0 Å². The Morgan fingerprint density at radius 3 is 1.75 bits per heavy atom. The summed E-state index contributed by atoms with van der Waals surface area (Å²) in [5, 5.41) is 5.83. The van der Waals surface area contributed by atoms with Crippen LogP contribution in [0, 0.1) is 0 Å². The minimum Gasteiger partial charge on any atom is -0.456 e. The van der Waals surface area contributed by atoms with Crippen molar-refractivity contribution in [2.45, 2.75) is 5.41 Å². The van der Waals surface area contributed by atoms with E-state index < -0.39 is 5.41 Å². The van der Waals surface area contributed by atoms with Crippen LogP contribution in [0.1, 0.15) is 22.3 Å². The van der Waals surface area contributed by atoms with Crippen LogP contribution in [0.4, 0.5) is 11.4 Å². The molecule has 7 aromatic rings. The normalized spacial score (nSPS) is 13.3. The summed E-state index contributed by atoms with van der Waals surface area (Å²) < 4.78 is 7.73. The Hall–Kier alpha value is -4.60. The molecule has 1 aliphatic carbocycles. The maximum absolute atomic E-state index is 6.67. The standard InChI is InChI=1S/C37H24BrNO/c38-25-18-22-27(23-19-25)39-26-20-16-24(17-21-26)37(32-12-4-1-8-28(32)29-9-2-5-13-33(29)37)34-14-7-11-31-30-10-3-6-15-35(30)40-36(31)34/h1-23,39H. The van der Waals surface area contributed by atoms with Crippen molar-refractivity contribution in [2.24, 2.45) is 0 Å². The van der Waals surface area contributed by atoms with E-state index >= 15 is 0 Å². The molecule has 0 aliphatic heterocycles. The van der Waals surface area contributed by atoms with Crippen molar-refractivity contribution >= 4 is 49.2 Å². The number of halogens is 1. The zero-order valence-corrected chi connectivity index (χ0v) is 23.2. The van der Waals surface area contributed by atoms with Gasteiger partial charge in [-0.05, 0) is 70.3 Å². The Morgan fingerprint density at radius 1 is 0.500 bits per heavy atom. The summed E-state index contributed by atoms with van der Waals surface area (Å²) in [5.41, 5.74) is 10.9. The van der Waals surface area contributed by atoms with E-state index in [0.717, 1.165) is 43.3 Å². The van der Waals surface area contributed by atoms with Crippen LogP contribution in [0.3, 0.4) is 0 Å². The third kappa shape index (κ3) is 3.34. The fraction of sp³-hybridized carbons (Fsp3) is 0.0270. The van der Waals surface area contributed by atoms with Crippen LogP contribution < -0.4 is 5.32 Å². The molecule has 2 nitrogen and oxygen atoms in total. The number of benzene rings is 6. The molecule has 0 saturated carbocycles. The molecule has 0 bridgehead atoms. The van der Waals surface area contributed by atoms with Crippen LogP contribution in [-0.2, 0) is 5.41 Å². The van der Waals surface area contributed by atoms with Gasteiger partial charge in [-0.15, -0.1) is 0 Å². The molecule has 0 unspecified atom stereocenters. The summed E-state index contributed by atoms with van der Waals surface area (Å²) in [4.78, 5) is 0. The van der Waals surface area contributed by atoms with Gasteiger partial charge >= 0.3 is 0 Å². The maximum Gasteiger partial charge on any atom is 0.140 e. The highest BCUT2D eigenvalue weighted by atomic mass is 79.9. The quantitative estimate of drug-likeness (QED) is 0.225. The molecule has 0 spiro atoms. The molecular formula is C37H24BrNO. The summed E-state index contributed by atoms with van der Waals surface area (Å²) in [5.74, 6) is 0. The summed E-state index contributed by atoms with van der Waals surface area (Å²) >= 11 is 3.53. The first-order valence-corrected chi connectivity index (χ1v) is 14.3. The van der Waals surface area contributed by atoms with Gasteiger partial charge in [0.2, 0.25) is 0 Å². The molecule has 0 saturated heterocycles. The van der Waals surface area contributed by atoms with Crippen molar-refractivity contribution in [1.29, 1.82) is 0 Å². The molecule has 3 heteroatoms. The second-order valence-corrected chi connectivity index (χ2v) is 11.2. The van der Waals surface area contributed by atoms with Gasteiger partial charge in [0, 0.05) is 32.2 Å². The molecule has 6 aromatic carbocycles. The van der Waals surface area contributed by atoms with Crippen molar-refractivity contribution in [3.05, 3.63) is 166 Å². The van der Waals surface area contributed by atoms with Crippen LogP contribution in [-0.4, -0.2) is 0 Å². The number of hydrogen-bond acceptors (Lipinski definition) is 2. The van der Waals surface area contributed by atoms with Gasteiger partial charge in [0.25, 0.3) is 0 Å². The largest absolute Gasteiger partial charge is 0.456 e. The van der Waals surface area contributed by atoms with E-state index in [1.807, 2.05) is 18.2 Å². The average molecular weight is 579 g/mol. The minimum atomic E-state index is -0.531. The van der Waals surface area contributed by atoms with E-state index in [0.29, 0.717) is 0 Å². The SMILES string of the molecule is Brc1ccc(Nc2ccc(C3(c4cccc5c4oc4ccccc45)c4ccccc4-c4ccccc43)cc2)cc1. The summed E-state index contributed by atoms with van der Waals surface area (Å²) in [6.07, 6.45) is 0. The minimum absolute atomic E-state index is 0.531. The second kappa shape index (κ2) is 8.97. The zero-order valence-electron chi connectivity index (χ0n) is 21.6. The van der Waals surface area contributed by atoms with Gasteiger partial charge < -0.3 is 9.73 Å². The number of anilines is 2. The van der Waals surface area contributed by atoms with Gasteiger partial charge in [-0.2, -0.15) is 0 Å². The highest BCUT2D eigenvalue weighted by molar-refractivity contribution is 9.10.